The predicted molar refractivity (Wildman–Crippen MR) is 93.6 cm³/mol. The van der Waals surface area contributed by atoms with Crippen molar-refractivity contribution in [1.29, 1.82) is 0 Å². The normalized spacial score (nSPS) is 10.5. The van der Waals surface area contributed by atoms with Crippen molar-refractivity contribution in [2.75, 3.05) is 26.4 Å². The molecule has 0 fully saturated rings. The van der Waals surface area contributed by atoms with Crippen LogP contribution in [0.25, 0.3) is 11.4 Å². The molecule has 0 unspecified atom stereocenters. The van der Waals surface area contributed by atoms with E-state index >= 15 is 0 Å². The van der Waals surface area contributed by atoms with E-state index in [0.29, 0.717) is 11.0 Å². The van der Waals surface area contributed by atoms with Gasteiger partial charge in [0.05, 0.1) is 12.3 Å². The highest BCUT2D eigenvalue weighted by Crippen LogP contribution is 2.20. The lowest BCUT2D eigenvalue weighted by Gasteiger charge is -2.15. The van der Waals surface area contributed by atoms with Crippen LogP contribution >= 0.6 is 11.8 Å². The summed E-state index contributed by atoms with van der Waals surface area (Å²) in [5.41, 5.74) is 2.22. The maximum Gasteiger partial charge on any atom is 0.239 e. The Morgan fingerprint density at radius 1 is 1.29 bits per heavy atom. The topological polar surface area (TPSA) is 91.0 Å². The van der Waals surface area contributed by atoms with E-state index in [1.807, 2.05) is 12.1 Å². The van der Waals surface area contributed by atoms with Crippen LogP contribution < -0.4 is 5.32 Å². The summed E-state index contributed by atoms with van der Waals surface area (Å²) in [6, 6.07) is 8.11. The van der Waals surface area contributed by atoms with Crippen molar-refractivity contribution in [1.82, 2.24) is 25.4 Å². The fourth-order valence-electron chi connectivity index (χ4n) is 1.96. The van der Waals surface area contributed by atoms with Crippen molar-refractivity contribution < 1.29 is 9.59 Å². The second-order valence-electron chi connectivity index (χ2n) is 5.23. The van der Waals surface area contributed by atoms with E-state index in [9.17, 15) is 9.59 Å². The zero-order valence-electron chi connectivity index (χ0n) is 14.0. The van der Waals surface area contributed by atoms with Gasteiger partial charge < -0.3 is 10.2 Å². The Morgan fingerprint density at radius 2 is 2.00 bits per heavy atom. The van der Waals surface area contributed by atoms with Crippen molar-refractivity contribution >= 4 is 23.6 Å². The van der Waals surface area contributed by atoms with Crippen molar-refractivity contribution in [3.8, 4) is 11.4 Å². The zero-order chi connectivity index (χ0) is 17.5. The minimum Gasteiger partial charge on any atom is -0.358 e. The molecule has 0 atom stereocenters. The smallest absolute Gasteiger partial charge is 0.239 e. The van der Waals surface area contributed by atoms with Crippen LogP contribution in [0.2, 0.25) is 0 Å². The lowest BCUT2D eigenvalue weighted by atomic mass is 10.1. The summed E-state index contributed by atoms with van der Waals surface area (Å²) < 4.78 is 0. The van der Waals surface area contributed by atoms with Crippen LogP contribution in [0.1, 0.15) is 12.5 Å². The van der Waals surface area contributed by atoms with Crippen LogP contribution in [-0.2, 0) is 16.0 Å². The molecule has 2 N–H and O–H groups in total. The molecule has 7 nitrogen and oxygen atoms in total. The highest BCUT2D eigenvalue weighted by Gasteiger charge is 2.14. The molecule has 0 aliphatic carbocycles. The number of hydrogen-bond donors (Lipinski definition) is 2. The Balaban J connectivity index is 1.91. The third kappa shape index (κ3) is 4.82. The van der Waals surface area contributed by atoms with Gasteiger partial charge in [0, 0.05) is 19.7 Å². The Kier molecular flexibility index (Phi) is 6.36. The summed E-state index contributed by atoms with van der Waals surface area (Å²) in [4.78, 5) is 29.0. The van der Waals surface area contributed by atoms with E-state index in [1.54, 1.807) is 7.05 Å². The van der Waals surface area contributed by atoms with Gasteiger partial charge >= 0.3 is 0 Å². The van der Waals surface area contributed by atoms with Gasteiger partial charge in [0.15, 0.2) is 5.82 Å². The number of carbonyl (C=O) groups excluding carboxylic acids is 2. The number of aromatic amines is 1. The van der Waals surface area contributed by atoms with E-state index < -0.39 is 0 Å². The summed E-state index contributed by atoms with van der Waals surface area (Å²) >= 11 is 1.24. The number of carbonyl (C=O) groups is 2. The molecule has 2 amide bonds. The first-order chi connectivity index (χ1) is 11.5. The average Bonchev–Trinajstić information content (AvgIpc) is 3.08. The molecule has 0 bridgehead atoms. The van der Waals surface area contributed by atoms with Gasteiger partial charge in [-0.1, -0.05) is 43.0 Å². The summed E-state index contributed by atoms with van der Waals surface area (Å²) in [5.74, 6) is 0.500. The van der Waals surface area contributed by atoms with Crippen molar-refractivity contribution in [3.63, 3.8) is 0 Å². The van der Waals surface area contributed by atoms with Crippen molar-refractivity contribution in [2.45, 2.75) is 18.5 Å². The first-order valence-electron chi connectivity index (χ1n) is 7.62. The lowest BCUT2D eigenvalue weighted by molar-refractivity contribution is -0.132. The number of aromatic nitrogens is 3. The van der Waals surface area contributed by atoms with E-state index in [0.717, 1.165) is 12.0 Å². The van der Waals surface area contributed by atoms with Gasteiger partial charge in [-0.2, -0.15) is 0 Å². The van der Waals surface area contributed by atoms with Gasteiger partial charge in [0.2, 0.25) is 17.0 Å². The number of thioether (sulfide) groups is 1. The fraction of sp³-hybridized carbons (Fsp3) is 0.375. The molecular formula is C16H21N5O2S. The summed E-state index contributed by atoms with van der Waals surface area (Å²) in [6.45, 7) is 2.15. The number of aryl methyl sites for hydroxylation is 1. The zero-order valence-corrected chi connectivity index (χ0v) is 14.8. The van der Waals surface area contributed by atoms with E-state index in [4.69, 9.17) is 0 Å². The largest absolute Gasteiger partial charge is 0.358 e. The van der Waals surface area contributed by atoms with Crippen LogP contribution in [0.4, 0.5) is 0 Å². The van der Waals surface area contributed by atoms with E-state index in [1.165, 1.54) is 29.3 Å². The molecule has 1 aromatic carbocycles. The number of benzene rings is 1. The summed E-state index contributed by atoms with van der Waals surface area (Å²) in [7, 11) is 3.13. The Labute approximate surface area is 145 Å². The monoisotopic (exact) mass is 347 g/mol. The third-order valence-electron chi connectivity index (χ3n) is 3.51. The fourth-order valence-corrected chi connectivity index (χ4v) is 2.70. The number of nitrogens with one attached hydrogen (secondary N) is 2. The Morgan fingerprint density at radius 3 is 2.62 bits per heavy atom. The molecule has 0 radical (unpaired) electrons. The average molecular weight is 347 g/mol. The van der Waals surface area contributed by atoms with Gasteiger partial charge in [-0.05, 0) is 12.0 Å². The van der Waals surface area contributed by atoms with Crippen molar-refractivity contribution in [3.05, 3.63) is 29.8 Å². The number of hydrogen-bond acceptors (Lipinski definition) is 5. The molecule has 2 aromatic rings. The molecule has 1 heterocycles. The minimum absolute atomic E-state index is 0.0406. The molecule has 8 heteroatoms. The highest BCUT2D eigenvalue weighted by molar-refractivity contribution is 7.99. The molecule has 128 valence electrons. The molecule has 0 aliphatic rings. The molecule has 0 saturated heterocycles. The molecule has 0 spiro atoms. The minimum atomic E-state index is -0.202. The predicted octanol–water partition coefficient (Wildman–Crippen LogP) is 1.33. The van der Waals surface area contributed by atoms with E-state index in [2.05, 4.69) is 39.6 Å². The van der Waals surface area contributed by atoms with Gasteiger partial charge in [0.1, 0.15) is 0 Å². The first kappa shape index (κ1) is 18.0. The summed E-state index contributed by atoms with van der Waals surface area (Å²) in [6.07, 6.45) is 0.990. The first-order valence-corrected chi connectivity index (χ1v) is 8.61. The third-order valence-corrected chi connectivity index (χ3v) is 4.34. The van der Waals surface area contributed by atoms with Crippen LogP contribution in [-0.4, -0.2) is 58.3 Å². The van der Waals surface area contributed by atoms with Gasteiger partial charge in [-0.25, -0.2) is 4.98 Å². The second-order valence-corrected chi connectivity index (χ2v) is 6.17. The number of likely N-dealkylation sites (N-methyl/N-ethyl adjacent to an activating group) is 2. The maximum atomic E-state index is 12.0. The van der Waals surface area contributed by atoms with Crippen LogP contribution in [0.3, 0.4) is 0 Å². The standard InChI is InChI=1S/C16H21N5O2S/c1-4-11-5-7-12(8-6-11)15-18-16(20-19-15)24-10-14(23)21(3)9-13(22)17-2/h5-8H,4,9-10H2,1-3H3,(H,17,22)(H,18,19,20). The number of rotatable bonds is 7. The van der Waals surface area contributed by atoms with Crippen molar-refractivity contribution in [2.24, 2.45) is 0 Å². The van der Waals surface area contributed by atoms with Gasteiger partial charge in [0.25, 0.3) is 0 Å². The number of amides is 2. The summed E-state index contributed by atoms with van der Waals surface area (Å²) in [5, 5.41) is 9.99. The number of nitrogens with zero attached hydrogens (tertiary/aromatic N) is 3. The molecule has 2 rings (SSSR count). The maximum absolute atomic E-state index is 12.0. The second kappa shape index (κ2) is 8.49. The van der Waals surface area contributed by atoms with E-state index in [-0.39, 0.29) is 24.1 Å². The Bertz CT molecular complexity index is 699. The molecular weight excluding hydrogens is 326 g/mol. The van der Waals surface area contributed by atoms with Crippen LogP contribution in [0.15, 0.2) is 29.4 Å². The lowest BCUT2D eigenvalue weighted by Crippen LogP contribution is -2.37. The molecule has 0 saturated carbocycles. The van der Waals surface area contributed by atoms with Gasteiger partial charge in [-0.3, -0.25) is 14.7 Å². The van der Waals surface area contributed by atoms with Crippen LogP contribution in [0.5, 0.6) is 0 Å². The Hall–Kier alpha value is -2.35. The molecule has 24 heavy (non-hydrogen) atoms. The molecule has 0 aliphatic heterocycles. The SMILES string of the molecule is CCc1ccc(-c2nc(SCC(=O)N(C)CC(=O)NC)n[nH]2)cc1. The highest BCUT2D eigenvalue weighted by atomic mass is 32.2. The molecule has 1 aromatic heterocycles. The van der Waals surface area contributed by atoms with Gasteiger partial charge in [-0.15, -0.1) is 5.10 Å². The van der Waals surface area contributed by atoms with Crippen LogP contribution in [0, 0.1) is 0 Å². The number of H-pyrrole nitrogens is 1. The quantitative estimate of drug-likeness (QED) is 0.738.